The van der Waals surface area contributed by atoms with Crippen LogP contribution in [0.5, 0.6) is 5.75 Å². The average Bonchev–Trinajstić information content (AvgIpc) is 3.27. The second-order valence-corrected chi connectivity index (χ2v) is 6.62. The van der Waals surface area contributed by atoms with E-state index in [0.29, 0.717) is 29.4 Å². The Hall–Kier alpha value is -2.53. The third-order valence-electron chi connectivity index (χ3n) is 4.72. The number of carbonyl (C=O) groups is 1. The quantitative estimate of drug-likeness (QED) is 0.718. The summed E-state index contributed by atoms with van der Waals surface area (Å²) in [6.45, 7) is 1.35. The number of imidazole rings is 1. The molecule has 0 radical (unpaired) electrons. The SMILES string of the molecule is COc1ccc(Cl)cc1C(=O)N1CCC(n2cnc3ccccc32)C1. The predicted octanol–water partition coefficient (Wildman–Crippen LogP) is 3.79. The highest BCUT2D eigenvalue weighted by molar-refractivity contribution is 6.31. The van der Waals surface area contributed by atoms with Gasteiger partial charge in [0.25, 0.3) is 5.91 Å². The van der Waals surface area contributed by atoms with Crippen LogP contribution in [0.2, 0.25) is 5.02 Å². The number of nitrogens with zero attached hydrogens (tertiary/aromatic N) is 3. The standard InChI is InChI=1S/C19H18ClN3O2/c1-25-18-7-6-13(20)10-15(18)19(24)22-9-8-14(11-22)23-12-21-16-4-2-3-5-17(16)23/h2-7,10,12,14H,8-9,11H2,1H3. The highest BCUT2D eigenvalue weighted by Gasteiger charge is 2.30. The van der Waals surface area contributed by atoms with Gasteiger partial charge in [-0.05, 0) is 36.8 Å². The summed E-state index contributed by atoms with van der Waals surface area (Å²) >= 11 is 6.06. The molecule has 0 saturated carbocycles. The molecule has 0 N–H and O–H groups in total. The molecule has 128 valence electrons. The fraction of sp³-hybridized carbons (Fsp3) is 0.263. The monoisotopic (exact) mass is 355 g/mol. The molecular weight excluding hydrogens is 338 g/mol. The molecule has 5 nitrogen and oxygen atoms in total. The molecule has 1 amide bonds. The summed E-state index contributed by atoms with van der Waals surface area (Å²) in [5.74, 6) is 0.497. The van der Waals surface area contributed by atoms with Gasteiger partial charge < -0.3 is 14.2 Å². The van der Waals surface area contributed by atoms with Gasteiger partial charge in [-0.15, -0.1) is 0 Å². The van der Waals surface area contributed by atoms with Crippen molar-refractivity contribution >= 4 is 28.5 Å². The van der Waals surface area contributed by atoms with E-state index in [9.17, 15) is 4.79 Å². The number of benzene rings is 2. The van der Waals surface area contributed by atoms with E-state index in [1.54, 1.807) is 25.3 Å². The Morgan fingerprint density at radius 2 is 2.12 bits per heavy atom. The van der Waals surface area contributed by atoms with Gasteiger partial charge in [0.1, 0.15) is 5.75 Å². The van der Waals surface area contributed by atoms with Crippen molar-refractivity contribution in [1.29, 1.82) is 0 Å². The minimum Gasteiger partial charge on any atom is -0.496 e. The largest absolute Gasteiger partial charge is 0.496 e. The summed E-state index contributed by atoms with van der Waals surface area (Å²) in [7, 11) is 1.56. The number of likely N-dealkylation sites (tertiary alicyclic amines) is 1. The lowest BCUT2D eigenvalue weighted by molar-refractivity contribution is 0.0784. The molecule has 0 bridgehead atoms. The molecule has 1 fully saturated rings. The van der Waals surface area contributed by atoms with Crippen molar-refractivity contribution < 1.29 is 9.53 Å². The van der Waals surface area contributed by atoms with E-state index in [2.05, 4.69) is 15.6 Å². The lowest BCUT2D eigenvalue weighted by Crippen LogP contribution is -2.29. The van der Waals surface area contributed by atoms with E-state index < -0.39 is 0 Å². The van der Waals surface area contributed by atoms with Gasteiger partial charge in [-0.25, -0.2) is 4.98 Å². The van der Waals surface area contributed by atoms with Crippen molar-refractivity contribution in [3.63, 3.8) is 0 Å². The number of halogens is 1. The maximum absolute atomic E-state index is 12.9. The molecular formula is C19H18ClN3O2. The number of amides is 1. The molecule has 1 aromatic heterocycles. The Balaban J connectivity index is 1.58. The molecule has 6 heteroatoms. The van der Waals surface area contributed by atoms with Gasteiger partial charge in [0.05, 0.1) is 36.1 Å². The van der Waals surface area contributed by atoms with Crippen molar-refractivity contribution in [2.45, 2.75) is 12.5 Å². The zero-order valence-corrected chi connectivity index (χ0v) is 14.6. The van der Waals surface area contributed by atoms with Crippen molar-refractivity contribution in [3.8, 4) is 5.75 Å². The van der Waals surface area contributed by atoms with Gasteiger partial charge in [-0.3, -0.25) is 4.79 Å². The van der Waals surface area contributed by atoms with Crippen LogP contribution >= 0.6 is 11.6 Å². The maximum atomic E-state index is 12.9. The summed E-state index contributed by atoms with van der Waals surface area (Å²) in [5, 5.41) is 0.528. The van der Waals surface area contributed by atoms with Crippen LogP contribution in [-0.4, -0.2) is 40.6 Å². The van der Waals surface area contributed by atoms with Crippen molar-refractivity contribution in [3.05, 3.63) is 59.4 Å². The first-order chi connectivity index (χ1) is 12.2. The maximum Gasteiger partial charge on any atom is 0.257 e. The van der Waals surface area contributed by atoms with E-state index in [-0.39, 0.29) is 11.9 Å². The number of fused-ring (bicyclic) bond motifs is 1. The normalized spacial score (nSPS) is 17.2. The van der Waals surface area contributed by atoms with Crippen LogP contribution in [-0.2, 0) is 0 Å². The summed E-state index contributed by atoms with van der Waals surface area (Å²) in [5.41, 5.74) is 2.58. The zero-order valence-electron chi connectivity index (χ0n) is 13.9. The molecule has 1 aliphatic heterocycles. The van der Waals surface area contributed by atoms with Crippen LogP contribution < -0.4 is 4.74 Å². The number of carbonyl (C=O) groups excluding carboxylic acids is 1. The van der Waals surface area contributed by atoms with E-state index >= 15 is 0 Å². The van der Waals surface area contributed by atoms with Gasteiger partial charge in [-0.1, -0.05) is 23.7 Å². The van der Waals surface area contributed by atoms with Crippen molar-refractivity contribution in [1.82, 2.24) is 14.5 Å². The number of hydrogen-bond acceptors (Lipinski definition) is 3. The molecule has 0 spiro atoms. The highest BCUT2D eigenvalue weighted by atomic mass is 35.5. The molecule has 1 unspecified atom stereocenters. The van der Waals surface area contributed by atoms with Gasteiger partial charge in [-0.2, -0.15) is 0 Å². The molecule has 25 heavy (non-hydrogen) atoms. The van der Waals surface area contributed by atoms with Crippen molar-refractivity contribution in [2.24, 2.45) is 0 Å². The summed E-state index contributed by atoms with van der Waals surface area (Å²) in [4.78, 5) is 19.2. The summed E-state index contributed by atoms with van der Waals surface area (Å²) < 4.78 is 7.48. The molecule has 3 aromatic rings. The van der Waals surface area contributed by atoms with Crippen LogP contribution in [0.3, 0.4) is 0 Å². The Morgan fingerprint density at radius 1 is 1.28 bits per heavy atom. The molecule has 0 aliphatic carbocycles. The van der Waals surface area contributed by atoms with Crippen LogP contribution in [0, 0.1) is 0 Å². The molecule has 2 aromatic carbocycles. The molecule has 4 rings (SSSR count). The van der Waals surface area contributed by atoms with E-state index in [4.69, 9.17) is 16.3 Å². The minimum absolute atomic E-state index is 0.0497. The second-order valence-electron chi connectivity index (χ2n) is 6.18. The van der Waals surface area contributed by atoms with Gasteiger partial charge >= 0.3 is 0 Å². The number of ether oxygens (including phenoxy) is 1. The van der Waals surface area contributed by atoms with Crippen LogP contribution in [0.4, 0.5) is 0 Å². The molecule has 1 atom stereocenters. The van der Waals surface area contributed by atoms with E-state index in [1.807, 2.05) is 29.4 Å². The molecule has 1 aliphatic rings. The lowest BCUT2D eigenvalue weighted by Gasteiger charge is -2.19. The zero-order chi connectivity index (χ0) is 17.4. The summed E-state index contributed by atoms with van der Waals surface area (Å²) in [6.07, 6.45) is 2.76. The third kappa shape index (κ3) is 2.85. The smallest absolute Gasteiger partial charge is 0.257 e. The lowest BCUT2D eigenvalue weighted by atomic mass is 10.1. The Bertz CT molecular complexity index is 937. The van der Waals surface area contributed by atoms with Gasteiger partial charge in [0, 0.05) is 18.1 Å². The predicted molar refractivity (Wildman–Crippen MR) is 97.3 cm³/mol. The number of hydrogen-bond donors (Lipinski definition) is 0. The average molecular weight is 356 g/mol. The van der Waals surface area contributed by atoms with E-state index in [1.165, 1.54) is 0 Å². The molecule has 1 saturated heterocycles. The number of para-hydroxylation sites is 2. The Morgan fingerprint density at radius 3 is 2.96 bits per heavy atom. The van der Waals surface area contributed by atoms with Crippen molar-refractivity contribution in [2.75, 3.05) is 20.2 Å². The Kier molecular flexibility index (Phi) is 4.09. The summed E-state index contributed by atoms with van der Waals surface area (Å²) in [6, 6.07) is 13.4. The van der Waals surface area contributed by atoms with Crippen LogP contribution in [0.25, 0.3) is 11.0 Å². The van der Waals surface area contributed by atoms with E-state index in [0.717, 1.165) is 17.5 Å². The number of methoxy groups -OCH3 is 1. The minimum atomic E-state index is -0.0497. The Labute approximate surface area is 150 Å². The first-order valence-corrected chi connectivity index (χ1v) is 8.59. The number of aromatic nitrogens is 2. The first-order valence-electron chi connectivity index (χ1n) is 8.22. The highest BCUT2D eigenvalue weighted by Crippen LogP contribution is 2.29. The molecule has 2 heterocycles. The van der Waals surface area contributed by atoms with Crippen LogP contribution in [0.15, 0.2) is 48.8 Å². The van der Waals surface area contributed by atoms with Gasteiger partial charge in [0.2, 0.25) is 0 Å². The number of rotatable bonds is 3. The second kappa shape index (κ2) is 6.41. The fourth-order valence-corrected chi connectivity index (χ4v) is 3.61. The fourth-order valence-electron chi connectivity index (χ4n) is 3.44. The van der Waals surface area contributed by atoms with Gasteiger partial charge in [0.15, 0.2) is 0 Å². The van der Waals surface area contributed by atoms with Crippen LogP contribution in [0.1, 0.15) is 22.8 Å². The third-order valence-corrected chi connectivity index (χ3v) is 4.95. The topological polar surface area (TPSA) is 47.4 Å². The first kappa shape index (κ1) is 16.0.